The van der Waals surface area contributed by atoms with Crippen molar-refractivity contribution < 1.29 is 22.7 Å². The quantitative estimate of drug-likeness (QED) is 0.487. The molecule has 116 valence electrons. The van der Waals surface area contributed by atoms with Crippen LogP contribution in [-0.4, -0.2) is 5.97 Å². The number of esters is 1. The average molecular weight is 316 g/mol. The molecule has 0 aliphatic heterocycles. The molecule has 0 fully saturated rings. The first kappa shape index (κ1) is 15.1. The van der Waals surface area contributed by atoms with Gasteiger partial charge in [0.2, 0.25) is 0 Å². The number of hydrogen-bond acceptors (Lipinski definition) is 2. The molecule has 3 aromatic carbocycles. The molecule has 0 saturated heterocycles. The third kappa shape index (κ3) is 3.18. The maximum Gasteiger partial charge on any atom is 0.417 e. The summed E-state index contributed by atoms with van der Waals surface area (Å²) < 4.78 is 43.9. The van der Waals surface area contributed by atoms with Crippen LogP contribution in [0.25, 0.3) is 10.8 Å². The monoisotopic (exact) mass is 316 g/mol. The van der Waals surface area contributed by atoms with E-state index >= 15 is 0 Å². The van der Waals surface area contributed by atoms with Crippen LogP contribution in [0, 0.1) is 0 Å². The van der Waals surface area contributed by atoms with Crippen LogP contribution in [0.2, 0.25) is 0 Å². The first-order valence-electron chi connectivity index (χ1n) is 6.82. The van der Waals surface area contributed by atoms with E-state index in [9.17, 15) is 18.0 Å². The summed E-state index contributed by atoms with van der Waals surface area (Å²) in [5, 5.41) is 1.78. The molecule has 0 bridgehead atoms. The predicted molar refractivity (Wildman–Crippen MR) is 80.4 cm³/mol. The fraction of sp³-hybridized carbons (Fsp3) is 0.0556. The Kier molecular flexibility index (Phi) is 3.78. The summed E-state index contributed by atoms with van der Waals surface area (Å²) in [6.07, 6.45) is -4.61. The highest BCUT2D eigenvalue weighted by atomic mass is 19.4. The molecule has 3 aromatic rings. The lowest BCUT2D eigenvalue weighted by molar-refractivity contribution is -0.138. The van der Waals surface area contributed by atoms with Crippen LogP contribution < -0.4 is 4.74 Å². The van der Waals surface area contributed by atoms with Gasteiger partial charge in [-0.2, -0.15) is 13.2 Å². The zero-order valence-electron chi connectivity index (χ0n) is 11.8. The van der Waals surface area contributed by atoms with Gasteiger partial charge in [-0.3, -0.25) is 0 Å². The van der Waals surface area contributed by atoms with E-state index in [1.807, 2.05) is 24.3 Å². The number of alkyl halides is 3. The number of hydrogen-bond donors (Lipinski definition) is 0. The van der Waals surface area contributed by atoms with Crippen LogP contribution in [0.1, 0.15) is 15.9 Å². The van der Waals surface area contributed by atoms with Crippen molar-refractivity contribution in [2.75, 3.05) is 0 Å². The normalized spacial score (nSPS) is 11.4. The molecule has 0 atom stereocenters. The average Bonchev–Trinajstić information content (AvgIpc) is 2.54. The summed E-state index contributed by atoms with van der Waals surface area (Å²) in [5.74, 6) is -0.834. The van der Waals surface area contributed by atoms with Crippen molar-refractivity contribution in [1.82, 2.24) is 0 Å². The van der Waals surface area contributed by atoms with Gasteiger partial charge in [0.05, 0.1) is 11.1 Å². The van der Waals surface area contributed by atoms with Gasteiger partial charge < -0.3 is 4.74 Å². The Morgan fingerprint density at radius 3 is 2.22 bits per heavy atom. The third-order valence-corrected chi connectivity index (χ3v) is 3.38. The van der Waals surface area contributed by atoms with Crippen molar-refractivity contribution in [1.29, 1.82) is 0 Å². The minimum atomic E-state index is -4.61. The topological polar surface area (TPSA) is 26.3 Å². The van der Waals surface area contributed by atoms with Gasteiger partial charge in [-0.25, -0.2) is 4.79 Å². The Labute approximate surface area is 130 Å². The van der Waals surface area contributed by atoms with E-state index in [0.29, 0.717) is 0 Å². The molecule has 2 nitrogen and oxygen atoms in total. The maximum atomic E-state index is 12.9. The second-order valence-corrected chi connectivity index (χ2v) is 4.94. The molecule has 3 rings (SSSR count). The van der Waals surface area contributed by atoms with E-state index in [4.69, 9.17) is 4.74 Å². The smallest absolute Gasteiger partial charge is 0.417 e. The fourth-order valence-electron chi connectivity index (χ4n) is 2.30. The lowest BCUT2D eigenvalue weighted by atomic mass is 10.1. The molecule has 0 aromatic heterocycles. The fourth-order valence-corrected chi connectivity index (χ4v) is 2.30. The van der Waals surface area contributed by atoms with E-state index in [0.717, 1.165) is 22.9 Å². The summed E-state index contributed by atoms with van der Waals surface area (Å²) in [5.41, 5.74) is -1.51. The van der Waals surface area contributed by atoms with Crippen LogP contribution in [0.15, 0.2) is 66.7 Å². The second-order valence-electron chi connectivity index (χ2n) is 4.94. The van der Waals surface area contributed by atoms with Gasteiger partial charge in [-0.15, -0.1) is 0 Å². The summed E-state index contributed by atoms with van der Waals surface area (Å²) in [6.45, 7) is 0. The molecular weight excluding hydrogens is 305 g/mol. The van der Waals surface area contributed by atoms with Crippen molar-refractivity contribution in [3.63, 3.8) is 0 Å². The third-order valence-electron chi connectivity index (χ3n) is 3.38. The first-order valence-corrected chi connectivity index (χ1v) is 6.82. The lowest BCUT2D eigenvalue weighted by Crippen LogP contribution is -2.16. The Hall–Kier alpha value is -2.82. The van der Waals surface area contributed by atoms with Crippen molar-refractivity contribution in [3.8, 4) is 5.75 Å². The highest BCUT2D eigenvalue weighted by molar-refractivity contribution is 5.93. The molecule has 0 unspecified atom stereocenters. The number of carbonyl (C=O) groups excluding carboxylic acids is 1. The van der Waals surface area contributed by atoms with Gasteiger partial charge in [-0.05, 0) is 35.0 Å². The highest BCUT2D eigenvalue weighted by Crippen LogP contribution is 2.32. The van der Waals surface area contributed by atoms with E-state index < -0.39 is 23.3 Å². The van der Waals surface area contributed by atoms with E-state index in [2.05, 4.69) is 0 Å². The molecule has 0 amide bonds. The molecule has 0 radical (unpaired) electrons. The van der Waals surface area contributed by atoms with Crippen LogP contribution in [0.5, 0.6) is 5.75 Å². The molecule has 0 aliphatic rings. The van der Waals surface area contributed by atoms with Gasteiger partial charge in [-0.1, -0.05) is 42.5 Å². The minimum absolute atomic E-state index is 0.200. The zero-order chi connectivity index (χ0) is 16.4. The van der Waals surface area contributed by atoms with Crippen LogP contribution in [0.4, 0.5) is 13.2 Å². The Morgan fingerprint density at radius 2 is 1.48 bits per heavy atom. The number of carbonyl (C=O) groups is 1. The van der Waals surface area contributed by atoms with Crippen molar-refractivity contribution in [3.05, 3.63) is 77.9 Å². The molecule has 0 aliphatic carbocycles. The number of rotatable bonds is 2. The molecular formula is C18H11F3O2. The van der Waals surface area contributed by atoms with Gasteiger partial charge in [0.25, 0.3) is 0 Å². The van der Waals surface area contributed by atoms with E-state index in [-0.39, 0.29) is 5.75 Å². The predicted octanol–water partition coefficient (Wildman–Crippen LogP) is 5.08. The Balaban J connectivity index is 1.92. The minimum Gasteiger partial charge on any atom is -0.423 e. The first-order chi connectivity index (χ1) is 10.9. The Morgan fingerprint density at radius 1 is 0.826 bits per heavy atom. The van der Waals surface area contributed by atoms with E-state index in [1.54, 1.807) is 18.2 Å². The lowest BCUT2D eigenvalue weighted by Gasteiger charge is -2.12. The molecule has 5 heteroatoms. The van der Waals surface area contributed by atoms with Crippen molar-refractivity contribution in [2.45, 2.75) is 6.18 Å². The van der Waals surface area contributed by atoms with Crippen molar-refractivity contribution in [2.24, 2.45) is 0 Å². The zero-order valence-corrected chi connectivity index (χ0v) is 11.8. The summed E-state index contributed by atoms with van der Waals surface area (Å²) >= 11 is 0. The van der Waals surface area contributed by atoms with Gasteiger partial charge >= 0.3 is 12.1 Å². The van der Waals surface area contributed by atoms with Gasteiger partial charge in [0.15, 0.2) is 0 Å². The SMILES string of the molecule is O=C(Oc1ccc2ccccc2c1)c1ccccc1C(F)(F)F. The number of benzene rings is 3. The van der Waals surface area contributed by atoms with E-state index in [1.165, 1.54) is 12.1 Å². The number of fused-ring (bicyclic) bond motifs is 1. The van der Waals surface area contributed by atoms with Crippen LogP contribution in [0.3, 0.4) is 0 Å². The summed E-state index contributed by atoms with van der Waals surface area (Å²) in [7, 11) is 0. The highest BCUT2D eigenvalue weighted by Gasteiger charge is 2.35. The molecule has 0 saturated carbocycles. The summed E-state index contributed by atoms with van der Waals surface area (Å²) in [4.78, 5) is 12.1. The Bertz CT molecular complexity index is 869. The number of halogens is 3. The van der Waals surface area contributed by atoms with Crippen molar-refractivity contribution >= 4 is 16.7 Å². The summed E-state index contributed by atoms with van der Waals surface area (Å²) in [6, 6.07) is 16.9. The molecule has 23 heavy (non-hydrogen) atoms. The van der Waals surface area contributed by atoms with Gasteiger partial charge in [0.1, 0.15) is 5.75 Å². The second kappa shape index (κ2) is 5.76. The standard InChI is InChI=1S/C18H11F3O2/c19-18(20,21)16-8-4-3-7-15(16)17(22)23-14-10-9-12-5-1-2-6-13(12)11-14/h1-11H. The largest absolute Gasteiger partial charge is 0.423 e. The van der Waals surface area contributed by atoms with Crippen LogP contribution in [-0.2, 0) is 6.18 Å². The maximum absolute atomic E-state index is 12.9. The van der Waals surface area contributed by atoms with Gasteiger partial charge in [0, 0.05) is 0 Å². The molecule has 0 heterocycles. The number of ether oxygens (including phenoxy) is 1. The molecule has 0 spiro atoms. The molecule has 0 N–H and O–H groups in total. The van der Waals surface area contributed by atoms with Crippen LogP contribution >= 0.6 is 0 Å².